The summed E-state index contributed by atoms with van der Waals surface area (Å²) in [7, 11) is -2.03. The second-order valence-corrected chi connectivity index (χ2v) is 10.1. The van der Waals surface area contributed by atoms with Gasteiger partial charge in [-0.25, -0.2) is 13.2 Å². The first-order chi connectivity index (χ1) is 12.0. The maximum absolute atomic E-state index is 12.9. The summed E-state index contributed by atoms with van der Waals surface area (Å²) in [5, 5.41) is 0.677. The molecule has 1 atom stereocenters. The van der Waals surface area contributed by atoms with Crippen LogP contribution in [-0.4, -0.2) is 55.5 Å². The number of carbonyl (C=O) groups excluding carboxylic acids is 1. The summed E-state index contributed by atoms with van der Waals surface area (Å²) in [5.41, 5.74) is 0.444. The Balaban J connectivity index is 2.12. The molecule has 0 spiro atoms. The number of sulfonamides is 1. The van der Waals surface area contributed by atoms with Crippen LogP contribution in [0.1, 0.15) is 39.2 Å². The molecule has 0 aromatic heterocycles. The maximum Gasteiger partial charge on any atom is 0.410 e. The second kappa shape index (κ2) is 8.27. The van der Waals surface area contributed by atoms with Gasteiger partial charge in [-0.15, -0.1) is 0 Å². The molecule has 1 aromatic carbocycles. The zero-order valence-electron chi connectivity index (χ0n) is 15.7. The number of piperidine rings is 1. The number of nitrogens with zero attached hydrogens (tertiary/aromatic N) is 2. The standard InChI is InChI=1S/C18H27BrN2O4S/c1-18(2,3)25-17(22)21-11-5-6-15(13-21)20(4)26(23,24)16-9-7-14(12-19)8-10-16/h7-10,15H,5-6,11-13H2,1-4H3/t15-/m0/s1. The van der Waals surface area contributed by atoms with Crippen molar-refractivity contribution in [2.75, 3.05) is 20.1 Å². The smallest absolute Gasteiger partial charge is 0.410 e. The summed E-state index contributed by atoms with van der Waals surface area (Å²) in [5.74, 6) is 0. The molecule has 8 heteroatoms. The van der Waals surface area contributed by atoms with Gasteiger partial charge in [0.1, 0.15) is 5.60 Å². The van der Waals surface area contributed by atoms with E-state index in [4.69, 9.17) is 4.74 Å². The van der Waals surface area contributed by atoms with E-state index in [9.17, 15) is 13.2 Å². The number of hydrogen-bond acceptors (Lipinski definition) is 4. The summed E-state index contributed by atoms with van der Waals surface area (Å²) < 4.78 is 32.6. The zero-order valence-corrected chi connectivity index (χ0v) is 18.1. The maximum atomic E-state index is 12.9. The number of hydrogen-bond donors (Lipinski definition) is 0. The fourth-order valence-electron chi connectivity index (χ4n) is 2.86. The number of carbonyl (C=O) groups is 1. The minimum Gasteiger partial charge on any atom is -0.444 e. The van der Waals surface area contributed by atoms with Gasteiger partial charge in [0.15, 0.2) is 0 Å². The lowest BCUT2D eigenvalue weighted by atomic mass is 10.1. The third-order valence-electron chi connectivity index (χ3n) is 4.32. The Bertz CT molecular complexity index is 729. The van der Waals surface area contributed by atoms with Crippen LogP contribution in [0.2, 0.25) is 0 Å². The predicted molar refractivity (Wildman–Crippen MR) is 105 cm³/mol. The van der Waals surface area contributed by atoms with Crippen molar-refractivity contribution in [3.63, 3.8) is 0 Å². The monoisotopic (exact) mass is 446 g/mol. The lowest BCUT2D eigenvalue weighted by molar-refractivity contribution is 0.0163. The van der Waals surface area contributed by atoms with Crippen LogP contribution in [0.15, 0.2) is 29.2 Å². The molecule has 146 valence electrons. The molecule has 0 aliphatic carbocycles. The Morgan fingerprint density at radius 3 is 2.46 bits per heavy atom. The van der Waals surface area contributed by atoms with Gasteiger partial charge in [-0.3, -0.25) is 0 Å². The fraction of sp³-hybridized carbons (Fsp3) is 0.611. The highest BCUT2D eigenvalue weighted by atomic mass is 79.9. The molecule has 6 nitrogen and oxygen atoms in total. The minimum atomic E-state index is -3.61. The van der Waals surface area contributed by atoms with Crippen LogP contribution >= 0.6 is 15.9 Å². The molecule has 1 aliphatic rings. The van der Waals surface area contributed by atoms with Gasteiger partial charge in [0.05, 0.1) is 4.90 Å². The van der Waals surface area contributed by atoms with Crippen molar-refractivity contribution in [2.24, 2.45) is 0 Å². The number of alkyl halides is 1. The average Bonchev–Trinajstić information content (AvgIpc) is 2.59. The van der Waals surface area contributed by atoms with Crippen molar-refractivity contribution in [1.82, 2.24) is 9.21 Å². The first-order valence-electron chi connectivity index (χ1n) is 8.65. The molecule has 0 N–H and O–H groups in total. The molecule has 1 heterocycles. The minimum absolute atomic E-state index is 0.263. The molecule has 0 saturated carbocycles. The first-order valence-corrected chi connectivity index (χ1v) is 11.2. The molecule has 0 unspecified atom stereocenters. The molecule has 1 saturated heterocycles. The molecule has 1 aromatic rings. The Kier molecular flexibility index (Phi) is 6.74. The largest absolute Gasteiger partial charge is 0.444 e. The molecule has 26 heavy (non-hydrogen) atoms. The summed E-state index contributed by atoms with van der Waals surface area (Å²) in [4.78, 5) is 14.2. The topological polar surface area (TPSA) is 66.9 Å². The van der Waals surface area contributed by atoms with Gasteiger partial charge >= 0.3 is 6.09 Å². The average molecular weight is 447 g/mol. The Morgan fingerprint density at radius 2 is 1.92 bits per heavy atom. The van der Waals surface area contributed by atoms with Gasteiger partial charge in [-0.05, 0) is 51.3 Å². The third kappa shape index (κ3) is 5.20. The molecule has 1 aliphatic heterocycles. The molecular formula is C18H27BrN2O4S. The zero-order chi connectivity index (χ0) is 19.5. The number of rotatable bonds is 4. The van der Waals surface area contributed by atoms with Crippen LogP contribution in [0, 0.1) is 0 Å². The highest BCUT2D eigenvalue weighted by Gasteiger charge is 2.34. The van der Waals surface area contributed by atoms with Crippen molar-refractivity contribution in [3.8, 4) is 0 Å². The van der Waals surface area contributed by atoms with Gasteiger partial charge < -0.3 is 9.64 Å². The second-order valence-electron chi connectivity index (χ2n) is 7.52. The summed E-state index contributed by atoms with van der Waals surface area (Å²) in [6, 6.07) is 6.57. The van der Waals surface area contributed by atoms with Crippen LogP contribution in [0.3, 0.4) is 0 Å². The van der Waals surface area contributed by atoms with Gasteiger partial charge in [0, 0.05) is 31.5 Å². The Hall–Kier alpha value is -1.12. The van der Waals surface area contributed by atoms with E-state index in [0.717, 1.165) is 12.0 Å². The Labute approximate surface area is 164 Å². The molecule has 1 fully saturated rings. The van der Waals surface area contributed by atoms with Crippen molar-refractivity contribution in [3.05, 3.63) is 29.8 Å². The molecule has 0 radical (unpaired) electrons. The van der Waals surface area contributed by atoms with Crippen LogP contribution in [0.4, 0.5) is 4.79 Å². The van der Waals surface area contributed by atoms with Crippen molar-refractivity contribution >= 4 is 32.0 Å². The van der Waals surface area contributed by atoms with E-state index in [-0.39, 0.29) is 10.9 Å². The van der Waals surface area contributed by atoms with E-state index in [1.807, 2.05) is 20.8 Å². The van der Waals surface area contributed by atoms with E-state index in [1.54, 1.807) is 36.2 Å². The van der Waals surface area contributed by atoms with E-state index in [0.29, 0.717) is 24.8 Å². The van der Waals surface area contributed by atoms with E-state index in [2.05, 4.69) is 15.9 Å². The summed E-state index contributed by atoms with van der Waals surface area (Å²) in [6.07, 6.45) is 1.07. The summed E-state index contributed by atoms with van der Waals surface area (Å²) in [6.45, 7) is 6.38. The van der Waals surface area contributed by atoms with Gasteiger partial charge in [-0.1, -0.05) is 28.1 Å². The highest BCUT2D eigenvalue weighted by Crippen LogP contribution is 2.24. The lowest BCUT2D eigenvalue weighted by Crippen LogP contribution is -2.51. The van der Waals surface area contributed by atoms with Crippen LogP contribution in [0.25, 0.3) is 0 Å². The van der Waals surface area contributed by atoms with E-state index < -0.39 is 21.7 Å². The molecule has 2 rings (SSSR count). The normalized spacial score (nSPS) is 18.8. The number of ether oxygens (including phenoxy) is 1. The van der Waals surface area contributed by atoms with Crippen LogP contribution in [0.5, 0.6) is 0 Å². The quantitative estimate of drug-likeness (QED) is 0.662. The molecule has 1 amide bonds. The van der Waals surface area contributed by atoms with Crippen molar-refractivity contribution in [2.45, 2.75) is 55.5 Å². The fourth-order valence-corrected chi connectivity index (χ4v) is 4.61. The van der Waals surface area contributed by atoms with Gasteiger partial charge in [0.2, 0.25) is 10.0 Å². The lowest BCUT2D eigenvalue weighted by Gasteiger charge is -2.37. The van der Waals surface area contributed by atoms with Gasteiger partial charge in [-0.2, -0.15) is 4.31 Å². The van der Waals surface area contributed by atoms with Crippen LogP contribution in [-0.2, 0) is 20.1 Å². The predicted octanol–water partition coefficient (Wildman–Crippen LogP) is 3.60. The van der Waals surface area contributed by atoms with E-state index >= 15 is 0 Å². The van der Waals surface area contributed by atoms with E-state index in [1.165, 1.54) is 4.31 Å². The van der Waals surface area contributed by atoms with Crippen molar-refractivity contribution < 1.29 is 17.9 Å². The number of likely N-dealkylation sites (N-methyl/N-ethyl adjacent to an activating group) is 1. The number of amides is 1. The third-order valence-corrected chi connectivity index (χ3v) is 6.89. The van der Waals surface area contributed by atoms with Gasteiger partial charge in [0.25, 0.3) is 0 Å². The molecular weight excluding hydrogens is 420 g/mol. The van der Waals surface area contributed by atoms with Crippen LogP contribution < -0.4 is 0 Å². The number of benzene rings is 1. The molecule has 0 bridgehead atoms. The van der Waals surface area contributed by atoms with Crippen molar-refractivity contribution in [1.29, 1.82) is 0 Å². The Morgan fingerprint density at radius 1 is 1.31 bits per heavy atom. The summed E-state index contributed by atoms with van der Waals surface area (Å²) >= 11 is 3.36. The SMILES string of the molecule is CN([C@H]1CCCN(C(=O)OC(C)(C)C)C1)S(=O)(=O)c1ccc(CBr)cc1. The number of likely N-dealkylation sites (tertiary alicyclic amines) is 1. The first kappa shape index (κ1) is 21.2. The highest BCUT2D eigenvalue weighted by molar-refractivity contribution is 9.08. The number of halogens is 1.